The second kappa shape index (κ2) is 7.00. The number of fused-ring (bicyclic) bond motifs is 1. The molecule has 4 rings (SSSR count). The van der Waals surface area contributed by atoms with E-state index in [9.17, 15) is 14.7 Å². The number of para-hydroxylation sites is 2. The molecule has 2 fully saturated rings. The molecule has 1 aromatic carbocycles. The number of hydrogen-bond acceptors (Lipinski definition) is 4. The van der Waals surface area contributed by atoms with E-state index in [1.807, 2.05) is 24.3 Å². The van der Waals surface area contributed by atoms with Gasteiger partial charge in [-0.3, -0.25) is 19.4 Å². The number of hydrogen-bond donors (Lipinski definition) is 2. The average molecular weight is 357 g/mol. The zero-order valence-electron chi connectivity index (χ0n) is 15.1. The summed E-state index contributed by atoms with van der Waals surface area (Å²) >= 11 is 0. The summed E-state index contributed by atoms with van der Waals surface area (Å²) in [5.74, 6) is 0.321. The molecule has 26 heavy (non-hydrogen) atoms. The summed E-state index contributed by atoms with van der Waals surface area (Å²) < 4.78 is 0. The molecule has 1 aliphatic carbocycles. The Kier molecular flexibility index (Phi) is 4.71. The lowest BCUT2D eigenvalue weighted by molar-refractivity contribution is -0.128. The van der Waals surface area contributed by atoms with E-state index in [0.717, 1.165) is 63.0 Å². The van der Waals surface area contributed by atoms with Crippen molar-refractivity contribution in [1.82, 2.24) is 4.90 Å². The van der Waals surface area contributed by atoms with Crippen LogP contribution in [0.2, 0.25) is 0 Å². The Morgan fingerprint density at radius 2 is 1.88 bits per heavy atom. The van der Waals surface area contributed by atoms with Gasteiger partial charge in [0, 0.05) is 6.61 Å². The topological polar surface area (TPSA) is 72.9 Å². The van der Waals surface area contributed by atoms with E-state index in [1.165, 1.54) is 0 Å². The van der Waals surface area contributed by atoms with Crippen LogP contribution < -0.4 is 10.2 Å². The smallest absolute Gasteiger partial charge is 0.250 e. The van der Waals surface area contributed by atoms with Gasteiger partial charge in [-0.25, -0.2) is 0 Å². The third kappa shape index (κ3) is 2.91. The van der Waals surface area contributed by atoms with Crippen LogP contribution in [-0.4, -0.2) is 53.6 Å². The van der Waals surface area contributed by atoms with Crippen molar-refractivity contribution < 1.29 is 14.7 Å². The molecule has 0 atom stereocenters. The molecule has 0 unspecified atom stereocenters. The van der Waals surface area contributed by atoms with Crippen molar-refractivity contribution in [1.29, 1.82) is 0 Å². The fourth-order valence-electron chi connectivity index (χ4n) is 4.72. The number of anilines is 2. The highest BCUT2D eigenvalue weighted by Crippen LogP contribution is 2.45. The van der Waals surface area contributed by atoms with Crippen LogP contribution in [0.4, 0.5) is 11.4 Å². The zero-order valence-corrected chi connectivity index (χ0v) is 15.1. The number of rotatable bonds is 3. The maximum absolute atomic E-state index is 13.3. The van der Waals surface area contributed by atoms with Crippen molar-refractivity contribution in [3.63, 3.8) is 0 Å². The quantitative estimate of drug-likeness (QED) is 0.868. The van der Waals surface area contributed by atoms with Gasteiger partial charge in [0.15, 0.2) is 0 Å². The first-order valence-electron chi connectivity index (χ1n) is 9.71. The van der Waals surface area contributed by atoms with E-state index in [4.69, 9.17) is 0 Å². The SMILES string of the molecule is O=C(CN1CCC(CO)CC1)N1c2ccccc2NC(=O)C12CCCC2. The molecule has 0 bridgehead atoms. The minimum atomic E-state index is -0.727. The molecule has 2 aliphatic heterocycles. The number of nitrogens with zero attached hydrogens (tertiary/aromatic N) is 2. The molecule has 2 heterocycles. The normalized spacial score (nSPS) is 23.1. The van der Waals surface area contributed by atoms with E-state index < -0.39 is 5.54 Å². The van der Waals surface area contributed by atoms with Crippen LogP contribution in [0.3, 0.4) is 0 Å². The molecule has 2 N–H and O–H groups in total. The number of likely N-dealkylation sites (tertiary alicyclic amines) is 1. The zero-order chi connectivity index (χ0) is 18.1. The number of aliphatic hydroxyl groups is 1. The van der Waals surface area contributed by atoms with Crippen LogP contribution in [0.1, 0.15) is 38.5 Å². The number of amides is 2. The fourth-order valence-corrected chi connectivity index (χ4v) is 4.72. The number of piperidine rings is 1. The minimum Gasteiger partial charge on any atom is -0.396 e. The number of benzene rings is 1. The highest BCUT2D eigenvalue weighted by atomic mass is 16.3. The van der Waals surface area contributed by atoms with E-state index in [-0.39, 0.29) is 18.4 Å². The molecule has 1 saturated carbocycles. The summed E-state index contributed by atoms with van der Waals surface area (Å²) in [6.45, 7) is 2.21. The molecule has 3 aliphatic rings. The van der Waals surface area contributed by atoms with Crippen LogP contribution in [0.5, 0.6) is 0 Å². The highest BCUT2D eigenvalue weighted by Gasteiger charge is 2.52. The summed E-state index contributed by atoms with van der Waals surface area (Å²) in [6.07, 6.45) is 5.25. The maximum Gasteiger partial charge on any atom is 0.250 e. The molecule has 1 saturated heterocycles. The van der Waals surface area contributed by atoms with Crippen molar-refractivity contribution in [2.24, 2.45) is 5.92 Å². The van der Waals surface area contributed by atoms with E-state index in [0.29, 0.717) is 12.5 Å². The first-order valence-corrected chi connectivity index (χ1v) is 9.71. The third-order valence-electron chi connectivity index (χ3n) is 6.25. The predicted molar refractivity (Wildman–Crippen MR) is 100 cm³/mol. The van der Waals surface area contributed by atoms with Crippen LogP contribution >= 0.6 is 0 Å². The largest absolute Gasteiger partial charge is 0.396 e. The second-order valence-electron chi connectivity index (χ2n) is 7.84. The summed E-state index contributed by atoms with van der Waals surface area (Å²) in [7, 11) is 0. The van der Waals surface area contributed by atoms with Gasteiger partial charge in [0.2, 0.25) is 5.91 Å². The predicted octanol–water partition coefficient (Wildman–Crippen LogP) is 1.99. The van der Waals surface area contributed by atoms with Crippen molar-refractivity contribution in [3.8, 4) is 0 Å². The molecule has 6 heteroatoms. The van der Waals surface area contributed by atoms with Gasteiger partial charge < -0.3 is 10.4 Å². The van der Waals surface area contributed by atoms with Crippen molar-refractivity contribution in [3.05, 3.63) is 24.3 Å². The highest BCUT2D eigenvalue weighted by molar-refractivity contribution is 6.15. The van der Waals surface area contributed by atoms with Crippen molar-refractivity contribution >= 4 is 23.2 Å². The minimum absolute atomic E-state index is 0.0108. The summed E-state index contributed by atoms with van der Waals surface area (Å²) in [4.78, 5) is 30.2. The summed E-state index contributed by atoms with van der Waals surface area (Å²) in [6, 6.07) is 7.60. The van der Waals surface area contributed by atoms with Crippen LogP contribution in [0, 0.1) is 5.92 Å². The molecule has 140 valence electrons. The van der Waals surface area contributed by atoms with Gasteiger partial charge in [0.25, 0.3) is 5.91 Å². The van der Waals surface area contributed by atoms with E-state index >= 15 is 0 Å². The Balaban J connectivity index is 1.59. The van der Waals surface area contributed by atoms with Crippen molar-refractivity contribution in [2.45, 2.75) is 44.1 Å². The Morgan fingerprint density at radius 1 is 1.19 bits per heavy atom. The first kappa shape index (κ1) is 17.5. The maximum atomic E-state index is 13.3. The van der Waals surface area contributed by atoms with Gasteiger partial charge in [-0.1, -0.05) is 25.0 Å². The van der Waals surface area contributed by atoms with Gasteiger partial charge in [-0.2, -0.15) is 0 Å². The molecular weight excluding hydrogens is 330 g/mol. The lowest BCUT2D eigenvalue weighted by Crippen LogP contribution is -2.62. The molecular formula is C20H27N3O3. The Labute approximate surface area is 154 Å². The first-order chi connectivity index (χ1) is 12.6. The monoisotopic (exact) mass is 357 g/mol. The lowest BCUT2D eigenvalue weighted by atomic mass is 9.89. The molecule has 2 amide bonds. The van der Waals surface area contributed by atoms with Gasteiger partial charge >= 0.3 is 0 Å². The Hall–Kier alpha value is -1.92. The number of nitrogens with one attached hydrogen (secondary N) is 1. The van der Waals surface area contributed by atoms with Gasteiger partial charge in [-0.05, 0) is 56.8 Å². The van der Waals surface area contributed by atoms with Gasteiger partial charge in [0.05, 0.1) is 17.9 Å². The van der Waals surface area contributed by atoms with Crippen LogP contribution in [-0.2, 0) is 9.59 Å². The molecule has 6 nitrogen and oxygen atoms in total. The van der Waals surface area contributed by atoms with Crippen molar-refractivity contribution in [2.75, 3.05) is 36.5 Å². The third-order valence-corrected chi connectivity index (χ3v) is 6.25. The Morgan fingerprint density at radius 3 is 2.58 bits per heavy atom. The fraction of sp³-hybridized carbons (Fsp3) is 0.600. The summed E-state index contributed by atoms with van der Waals surface area (Å²) in [5.41, 5.74) is 0.820. The van der Waals surface area contributed by atoms with Gasteiger partial charge in [-0.15, -0.1) is 0 Å². The Bertz CT molecular complexity index is 691. The number of carbonyl (C=O) groups is 2. The molecule has 1 spiro atoms. The molecule has 0 radical (unpaired) electrons. The second-order valence-corrected chi connectivity index (χ2v) is 7.84. The number of carbonyl (C=O) groups excluding carboxylic acids is 2. The van der Waals surface area contributed by atoms with Gasteiger partial charge in [0.1, 0.15) is 5.54 Å². The number of aliphatic hydroxyl groups excluding tert-OH is 1. The molecule has 1 aromatic rings. The van der Waals surface area contributed by atoms with Crippen LogP contribution in [0.25, 0.3) is 0 Å². The average Bonchev–Trinajstić information content (AvgIpc) is 3.14. The van der Waals surface area contributed by atoms with E-state index in [1.54, 1.807) is 4.90 Å². The summed E-state index contributed by atoms with van der Waals surface area (Å²) in [5, 5.41) is 12.3. The van der Waals surface area contributed by atoms with E-state index in [2.05, 4.69) is 10.2 Å². The molecule has 0 aromatic heterocycles. The lowest BCUT2D eigenvalue weighted by Gasteiger charge is -2.45. The van der Waals surface area contributed by atoms with Crippen LogP contribution in [0.15, 0.2) is 24.3 Å². The standard InChI is InChI=1S/C20H27N3O3/c24-14-15-7-11-22(12-8-15)13-18(25)23-17-6-2-1-5-16(17)21-19(26)20(23)9-3-4-10-20/h1-2,5-6,15,24H,3-4,7-14H2,(H,21,26).